The normalized spacial score (nSPS) is 13.0. The summed E-state index contributed by atoms with van der Waals surface area (Å²) in [7, 11) is 0. The monoisotopic (exact) mass is 582 g/mol. The molecule has 0 heterocycles. The van der Waals surface area contributed by atoms with Crippen molar-refractivity contribution in [2.75, 3.05) is 11.9 Å². The molecular formula is C29H47F5N2O4. The molecule has 0 fully saturated rings. The first-order valence-corrected chi connectivity index (χ1v) is 14.3. The van der Waals surface area contributed by atoms with Crippen molar-refractivity contribution in [3.8, 4) is 0 Å². The van der Waals surface area contributed by atoms with Crippen molar-refractivity contribution < 1.29 is 41.0 Å². The van der Waals surface area contributed by atoms with Crippen molar-refractivity contribution in [3.05, 3.63) is 29.1 Å². The molecule has 0 aliphatic heterocycles. The smallest absolute Gasteiger partial charge is 0.319 e. The van der Waals surface area contributed by atoms with Crippen molar-refractivity contribution in [2.45, 2.75) is 131 Å². The first-order chi connectivity index (χ1) is 18.8. The Balaban J connectivity index is 2.97. The minimum atomic E-state index is -2.29. The SMILES string of the molecule is CCCCCCCCC(CCCNC(=O)Nc1c(F)c(F)c(F)c(F)c1F)C(OC(C)C)(OC(C)C)OC(C)C. The van der Waals surface area contributed by atoms with Crippen LogP contribution in [0.15, 0.2) is 0 Å². The van der Waals surface area contributed by atoms with Gasteiger partial charge in [-0.2, -0.15) is 0 Å². The van der Waals surface area contributed by atoms with Gasteiger partial charge in [-0.1, -0.05) is 45.4 Å². The zero-order chi connectivity index (χ0) is 30.5. The average Bonchev–Trinajstić information content (AvgIpc) is 2.86. The van der Waals surface area contributed by atoms with E-state index in [4.69, 9.17) is 14.2 Å². The summed E-state index contributed by atoms with van der Waals surface area (Å²) in [6.45, 7) is 13.6. The highest BCUT2D eigenvalue weighted by Gasteiger charge is 2.44. The quantitative estimate of drug-likeness (QED) is 0.0564. The van der Waals surface area contributed by atoms with Gasteiger partial charge in [0.1, 0.15) is 5.69 Å². The number of carbonyl (C=O) groups is 1. The van der Waals surface area contributed by atoms with Gasteiger partial charge in [0.25, 0.3) is 5.97 Å². The Hall–Kier alpha value is -1.98. The number of carbonyl (C=O) groups excluding carboxylic acids is 1. The number of hydrogen-bond acceptors (Lipinski definition) is 4. The van der Waals surface area contributed by atoms with Crippen LogP contribution >= 0.6 is 0 Å². The number of ether oxygens (including phenoxy) is 3. The summed E-state index contributed by atoms with van der Waals surface area (Å²) in [5, 5.41) is 4.14. The van der Waals surface area contributed by atoms with E-state index in [9.17, 15) is 26.7 Å². The van der Waals surface area contributed by atoms with Crippen molar-refractivity contribution >= 4 is 11.7 Å². The highest BCUT2D eigenvalue weighted by atomic mass is 19.2. The number of urea groups is 1. The molecule has 6 nitrogen and oxygen atoms in total. The Bertz CT molecular complexity index is 859. The van der Waals surface area contributed by atoms with Crippen LogP contribution in [-0.2, 0) is 14.2 Å². The van der Waals surface area contributed by atoms with Crippen LogP contribution in [-0.4, -0.2) is 36.9 Å². The molecule has 0 bridgehead atoms. The second-order valence-corrected chi connectivity index (χ2v) is 10.8. The fraction of sp³-hybridized carbons (Fsp3) is 0.759. The van der Waals surface area contributed by atoms with E-state index in [1.807, 2.05) is 41.5 Å². The van der Waals surface area contributed by atoms with Gasteiger partial charge in [0, 0.05) is 12.5 Å². The summed E-state index contributed by atoms with van der Waals surface area (Å²) in [6, 6.07) is -1.10. The highest BCUT2D eigenvalue weighted by Crippen LogP contribution is 2.37. The first kappa shape index (κ1) is 36.0. The third-order valence-electron chi connectivity index (χ3n) is 6.07. The molecule has 0 aliphatic carbocycles. The third-order valence-corrected chi connectivity index (χ3v) is 6.07. The number of anilines is 1. The van der Waals surface area contributed by atoms with Gasteiger partial charge in [-0.25, -0.2) is 26.7 Å². The summed E-state index contributed by atoms with van der Waals surface area (Å²) in [5.74, 6) is -12.3. The second kappa shape index (κ2) is 17.7. The van der Waals surface area contributed by atoms with Crippen molar-refractivity contribution in [3.63, 3.8) is 0 Å². The third kappa shape index (κ3) is 11.5. The summed E-state index contributed by atoms with van der Waals surface area (Å²) in [4.78, 5) is 12.2. The molecule has 0 aliphatic rings. The zero-order valence-corrected chi connectivity index (χ0v) is 24.9. The molecule has 0 radical (unpaired) electrons. The van der Waals surface area contributed by atoms with E-state index in [-0.39, 0.29) is 30.8 Å². The lowest BCUT2D eigenvalue weighted by atomic mass is 9.92. The predicted octanol–water partition coefficient (Wildman–Crippen LogP) is 8.58. The van der Waals surface area contributed by atoms with Crippen molar-refractivity contribution in [1.82, 2.24) is 5.32 Å². The second-order valence-electron chi connectivity index (χ2n) is 10.8. The number of halogens is 5. The van der Waals surface area contributed by atoms with Crippen LogP contribution in [0.5, 0.6) is 0 Å². The Morgan fingerprint density at radius 1 is 0.675 bits per heavy atom. The van der Waals surface area contributed by atoms with Gasteiger partial charge in [-0.05, 0) is 60.8 Å². The van der Waals surface area contributed by atoms with Crippen LogP contribution in [0.3, 0.4) is 0 Å². The van der Waals surface area contributed by atoms with Crippen LogP contribution in [0.4, 0.5) is 32.4 Å². The van der Waals surface area contributed by atoms with Crippen molar-refractivity contribution in [2.24, 2.45) is 5.92 Å². The van der Waals surface area contributed by atoms with Gasteiger partial charge in [0.15, 0.2) is 23.3 Å². The molecule has 0 saturated heterocycles. The van der Waals surface area contributed by atoms with Gasteiger partial charge in [-0.15, -0.1) is 0 Å². The van der Waals surface area contributed by atoms with E-state index in [1.54, 1.807) is 5.32 Å². The molecule has 232 valence electrons. The topological polar surface area (TPSA) is 68.8 Å². The number of amides is 2. The predicted molar refractivity (Wildman–Crippen MR) is 145 cm³/mol. The molecule has 2 N–H and O–H groups in total. The lowest BCUT2D eigenvalue weighted by molar-refractivity contribution is -0.433. The molecule has 1 aromatic carbocycles. The minimum absolute atomic E-state index is 0.0648. The molecule has 2 amide bonds. The molecular weight excluding hydrogens is 535 g/mol. The zero-order valence-electron chi connectivity index (χ0n) is 24.9. The summed E-state index contributed by atoms with van der Waals surface area (Å²) in [6.07, 6.45) is 7.68. The van der Waals surface area contributed by atoms with Crippen LogP contribution in [0.2, 0.25) is 0 Å². The van der Waals surface area contributed by atoms with Crippen LogP contribution in [0.1, 0.15) is 106 Å². The fourth-order valence-electron chi connectivity index (χ4n) is 4.45. The lowest BCUT2D eigenvalue weighted by Gasteiger charge is -2.43. The Morgan fingerprint density at radius 3 is 1.57 bits per heavy atom. The van der Waals surface area contributed by atoms with Gasteiger partial charge in [0.2, 0.25) is 5.82 Å². The highest BCUT2D eigenvalue weighted by molar-refractivity contribution is 5.89. The maximum Gasteiger partial charge on any atom is 0.319 e. The lowest BCUT2D eigenvalue weighted by Crippen LogP contribution is -2.51. The van der Waals surface area contributed by atoms with Gasteiger partial charge in [-0.3, -0.25) is 0 Å². The van der Waals surface area contributed by atoms with E-state index in [0.717, 1.165) is 32.1 Å². The minimum Gasteiger partial charge on any atom is -0.338 e. The van der Waals surface area contributed by atoms with Crippen LogP contribution in [0, 0.1) is 35.0 Å². The number of rotatable bonds is 19. The van der Waals surface area contributed by atoms with Crippen LogP contribution in [0.25, 0.3) is 0 Å². The Labute approximate surface area is 235 Å². The summed E-state index contributed by atoms with van der Waals surface area (Å²) in [5.41, 5.74) is -1.41. The molecule has 0 spiro atoms. The molecule has 1 rings (SSSR count). The van der Waals surface area contributed by atoms with Crippen molar-refractivity contribution in [1.29, 1.82) is 0 Å². The van der Waals surface area contributed by atoms with E-state index in [0.29, 0.717) is 12.8 Å². The van der Waals surface area contributed by atoms with Gasteiger partial charge >= 0.3 is 6.03 Å². The maximum atomic E-state index is 13.9. The summed E-state index contributed by atoms with van der Waals surface area (Å²) >= 11 is 0. The summed E-state index contributed by atoms with van der Waals surface area (Å²) < 4.78 is 86.9. The molecule has 1 atom stereocenters. The fourth-order valence-corrected chi connectivity index (χ4v) is 4.45. The van der Waals surface area contributed by atoms with E-state index in [2.05, 4.69) is 12.2 Å². The van der Waals surface area contributed by atoms with E-state index >= 15 is 0 Å². The molecule has 11 heteroatoms. The Kier molecular flexibility index (Phi) is 16.0. The van der Waals surface area contributed by atoms with Gasteiger partial charge < -0.3 is 24.8 Å². The number of hydrogen-bond donors (Lipinski definition) is 2. The standard InChI is InChI=1S/C29H47F5N2O4/c1-8-9-10-11-12-13-15-21(29(38-18(2)3,39-19(4)5)40-20(6)7)16-14-17-35-28(37)36-27-25(33)23(31)22(30)24(32)26(27)34/h18-21H,8-17H2,1-7H3,(H2,35,36,37). The molecule has 1 unspecified atom stereocenters. The largest absolute Gasteiger partial charge is 0.338 e. The first-order valence-electron chi connectivity index (χ1n) is 14.3. The van der Waals surface area contributed by atoms with Crippen LogP contribution < -0.4 is 10.6 Å². The molecule has 0 saturated carbocycles. The Morgan fingerprint density at radius 2 is 1.10 bits per heavy atom. The maximum absolute atomic E-state index is 13.9. The number of unbranched alkanes of at least 4 members (excludes halogenated alkanes) is 5. The molecule has 1 aromatic rings. The average molecular weight is 583 g/mol. The molecule has 0 aromatic heterocycles. The number of benzene rings is 1. The van der Waals surface area contributed by atoms with Gasteiger partial charge in [0.05, 0.1) is 18.3 Å². The molecule has 40 heavy (non-hydrogen) atoms. The number of nitrogens with one attached hydrogen (secondary N) is 2. The van der Waals surface area contributed by atoms with E-state index < -0.39 is 46.8 Å². The van der Waals surface area contributed by atoms with E-state index in [1.165, 1.54) is 12.8 Å².